The molecule has 5 heteroatoms. The fraction of sp³-hybridized carbons (Fsp3) is 0.267. The van der Waals surface area contributed by atoms with Crippen LogP contribution in [0.25, 0.3) is 0 Å². The lowest BCUT2D eigenvalue weighted by atomic mass is 10.3. The van der Waals surface area contributed by atoms with Gasteiger partial charge in [0.05, 0.1) is 10.2 Å². The summed E-state index contributed by atoms with van der Waals surface area (Å²) in [6.45, 7) is 4.81. The molecule has 0 amide bonds. The average Bonchev–Trinajstić information content (AvgIpc) is 2.41. The molecular formula is C15H16BrFN2O. The van der Waals surface area contributed by atoms with E-state index in [1.165, 1.54) is 12.1 Å². The Morgan fingerprint density at radius 2 is 2.10 bits per heavy atom. The van der Waals surface area contributed by atoms with Crippen molar-refractivity contribution < 1.29 is 9.13 Å². The molecule has 0 saturated heterocycles. The predicted octanol–water partition coefficient (Wildman–Crippen LogP) is 4.27. The SMILES string of the molecule is CC(C)NCc1cc(Oc2cc(F)ccc2Br)ccn1. The molecule has 1 heterocycles. The van der Waals surface area contributed by atoms with Gasteiger partial charge in [0, 0.05) is 30.9 Å². The maximum atomic E-state index is 13.2. The van der Waals surface area contributed by atoms with Gasteiger partial charge in [-0.25, -0.2) is 4.39 Å². The van der Waals surface area contributed by atoms with Crippen LogP contribution in [0.5, 0.6) is 11.5 Å². The van der Waals surface area contributed by atoms with Gasteiger partial charge in [-0.3, -0.25) is 4.98 Å². The first-order valence-corrected chi connectivity index (χ1v) is 7.15. The van der Waals surface area contributed by atoms with E-state index < -0.39 is 0 Å². The molecule has 0 aliphatic rings. The van der Waals surface area contributed by atoms with Crippen molar-refractivity contribution in [2.75, 3.05) is 0 Å². The molecule has 20 heavy (non-hydrogen) atoms. The van der Waals surface area contributed by atoms with E-state index in [4.69, 9.17) is 4.74 Å². The van der Waals surface area contributed by atoms with Gasteiger partial charge in [-0.15, -0.1) is 0 Å². The monoisotopic (exact) mass is 338 g/mol. The van der Waals surface area contributed by atoms with Gasteiger partial charge in [0.15, 0.2) is 0 Å². The van der Waals surface area contributed by atoms with Crippen LogP contribution in [-0.4, -0.2) is 11.0 Å². The van der Waals surface area contributed by atoms with E-state index in [-0.39, 0.29) is 5.82 Å². The first-order chi connectivity index (χ1) is 9.54. The Morgan fingerprint density at radius 3 is 2.85 bits per heavy atom. The molecule has 0 atom stereocenters. The van der Waals surface area contributed by atoms with Gasteiger partial charge >= 0.3 is 0 Å². The van der Waals surface area contributed by atoms with E-state index in [1.54, 1.807) is 18.3 Å². The molecule has 3 nitrogen and oxygen atoms in total. The Balaban J connectivity index is 2.13. The zero-order valence-corrected chi connectivity index (χ0v) is 12.9. The van der Waals surface area contributed by atoms with Gasteiger partial charge in [0.2, 0.25) is 0 Å². The van der Waals surface area contributed by atoms with Crippen molar-refractivity contribution in [1.82, 2.24) is 10.3 Å². The fourth-order valence-corrected chi connectivity index (χ4v) is 1.93. The summed E-state index contributed by atoms with van der Waals surface area (Å²) in [6.07, 6.45) is 1.68. The van der Waals surface area contributed by atoms with Crippen molar-refractivity contribution in [2.45, 2.75) is 26.4 Å². The van der Waals surface area contributed by atoms with Crippen LogP contribution in [0.4, 0.5) is 4.39 Å². The topological polar surface area (TPSA) is 34.1 Å². The standard InChI is InChI=1S/C15H16BrFN2O/c1-10(2)19-9-12-8-13(5-6-18-12)20-15-7-11(17)3-4-14(15)16/h3-8,10,19H,9H2,1-2H3. The zero-order chi connectivity index (χ0) is 14.5. The molecule has 0 fully saturated rings. The van der Waals surface area contributed by atoms with Gasteiger partial charge in [-0.05, 0) is 34.1 Å². The smallest absolute Gasteiger partial charge is 0.144 e. The Bertz CT molecular complexity index is 590. The zero-order valence-electron chi connectivity index (χ0n) is 11.4. The van der Waals surface area contributed by atoms with Crippen molar-refractivity contribution in [3.63, 3.8) is 0 Å². The van der Waals surface area contributed by atoms with E-state index in [9.17, 15) is 4.39 Å². The van der Waals surface area contributed by atoms with Crippen LogP contribution in [0.2, 0.25) is 0 Å². The summed E-state index contributed by atoms with van der Waals surface area (Å²) in [5.41, 5.74) is 0.878. The number of hydrogen-bond acceptors (Lipinski definition) is 3. The molecule has 1 aromatic carbocycles. The van der Waals surface area contributed by atoms with Gasteiger partial charge in [-0.1, -0.05) is 13.8 Å². The summed E-state index contributed by atoms with van der Waals surface area (Å²) < 4.78 is 19.6. The van der Waals surface area contributed by atoms with Crippen LogP contribution in [-0.2, 0) is 6.54 Å². The lowest BCUT2D eigenvalue weighted by Crippen LogP contribution is -2.22. The normalized spacial score (nSPS) is 10.8. The third-order valence-corrected chi connectivity index (χ3v) is 3.26. The highest BCUT2D eigenvalue weighted by molar-refractivity contribution is 9.10. The maximum Gasteiger partial charge on any atom is 0.144 e. The van der Waals surface area contributed by atoms with Crippen LogP contribution >= 0.6 is 15.9 Å². The van der Waals surface area contributed by atoms with Gasteiger partial charge in [0.25, 0.3) is 0 Å². The number of benzene rings is 1. The Labute approximate surface area is 126 Å². The Hall–Kier alpha value is -1.46. The number of pyridine rings is 1. The molecule has 0 aliphatic heterocycles. The number of rotatable bonds is 5. The fourth-order valence-electron chi connectivity index (χ4n) is 1.61. The molecule has 0 radical (unpaired) electrons. The second-order valence-electron chi connectivity index (χ2n) is 4.70. The third-order valence-electron chi connectivity index (χ3n) is 2.60. The Morgan fingerprint density at radius 1 is 1.30 bits per heavy atom. The van der Waals surface area contributed by atoms with E-state index in [2.05, 4.69) is 40.1 Å². The first kappa shape index (κ1) is 14.9. The average molecular weight is 339 g/mol. The minimum Gasteiger partial charge on any atom is -0.456 e. The van der Waals surface area contributed by atoms with Crippen molar-refractivity contribution in [2.24, 2.45) is 0 Å². The third kappa shape index (κ3) is 4.28. The number of ether oxygens (including phenoxy) is 1. The molecule has 0 unspecified atom stereocenters. The van der Waals surface area contributed by atoms with Crippen LogP contribution in [0.3, 0.4) is 0 Å². The summed E-state index contributed by atoms with van der Waals surface area (Å²) in [7, 11) is 0. The molecular weight excluding hydrogens is 323 g/mol. The molecule has 106 valence electrons. The second-order valence-corrected chi connectivity index (χ2v) is 5.55. The second kappa shape index (κ2) is 6.81. The van der Waals surface area contributed by atoms with E-state index in [0.29, 0.717) is 28.6 Å². The van der Waals surface area contributed by atoms with Crippen molar-refractivity contribution >= 4 is 15.9 Å². The van der Waals surface area contributed by atoms with E-state index in [1.807, 2.05) is 6.07 Å². The summed E-state index contributed by atoms with van der Waals surface area (Å²) >= 11 is 3.34. The van der Waals surface area contributed by atoms with Gasteiger partial charge in [0.1, 0.15) is 17.3 Å². The van der Waals surface area contributed by atoms with Crippen molar-refractivity contribution in [3.8, 4) is 11.5 Å². The Kier molecular flexibility index (Phi) is 5.09. The van der Waals surface area contributed by atoms with E-state index in [0.717, 1.165) is 5.69 Å². The first-order valence-electron chi connectivity index (χ1n) is 6.36. The number of nitrogens with zero attached hydrogens (tertiary/aromatic N) is 1. The molecule has 0 spiro atoms. The van der Waals surface area contributed by atoms with Crippen molar-refractivity contribution in [1.29, 1.82) is 0 Å². The quantitative estimate of drug-likeness (QED) is 0.883. The minimum absolute atomic E-state index is 0.334. The summed E-state index contributed by atoms with van der Waals surface area (Å²) in [5.74, 6) is 0.741. The number of nitrogens with one attached hydrogen (secondary N) is 1. The summed E-state index contributed by atoms with van der Waals surface area (Å²) in [6, 6.07) is 8.31. The summed E-state index contributed by atoms with van der Waals surface area (Å²) in [4.78, 5) is 4.26. The molecule has 0 aliphatic carbocycles. The number of halogens is 2. The van der Waals surface area contributed by atoms with Crippen LogP contribution in [0.1, 0.15) is 19.5 Å². The largest absolute Gasteiger partial charge is 0.456 e. The molecule has 0 bridgehead atoms. The maximum absolute atomic E-state index is 13.2. The molecule has 1 aromatic heterocycles. The van der Waals surface area contributed by atoms with Crippen LogP contribution < -0.4 is 10.1 Å². The minimum atomic E-state index is -0.334. The highest BCUT2D eigenvalue weighted by Crippen LogP contribution is 2.30. The van der Waals surface area contributed by atoms with E-state index >= 15 is 0 Å². The molecule has 1 N–H and O–H groups in total. The van der Waals surface area contributed by atoms with Gasteiger partial charge in [-0.2, -0.15) is 0 Å². The molecule has 2 aromatic rings. The number of aromatic nitrogens is 1. The molecule has 0 saturated carbocycles. The predicted molar refractivity (Wildman–Crippen MR) is 80.4 cm³/mol. The van der Waals surface area contributed by atoms with Crippen molar-refractivity contribution in [3.05, 3.63) is 52.5 Å². The lowest BCUT2D eigenvalue weighted by molar-refractivity contribution is 0.471. The number of hydrogen-bond donors (Lipinski definition) is 1. The lowest BCUT2D eigenvalue weighted by Gasteiger charge is -2.10. The summed E-state index contributed by atoms with van der Waals surface area (Å²) in [5, 5.41) is 3.29. The molecule has 2 rings (SSSR count). The highest BCUT2D eigenvalue weighted by atomic mass is 79.9. The van der Waals surface area contributed by atoms with Crippen LogP contribution in [0.15, 0.2) is 41.0 Å². The highest BCUT2D eigenvalue weighted by Gasteiger charge is 2.06. The van der Waals surface area contributed by atoms with Gasteiger partial charge < -0.3 is 10.1 Å². The van der Waals surface area contributed by atoms with Crippen LogP contribution in [0, 0.1) is 5.82 Å².